The molecule has 1 aliphatic rings. The molecular formula is C24H25N3O. The van der Waals surface area contributed by atoms with Gasteiger partial charge in [0.1, 0.15) is 0 Å². The van der Waals surface area contributed by atoms with Crippen molar-refractivity contribution in [1.29, 1.82) is 0 Å². The minimum atomic E-state index is -0.162. The standard InChI is InChI=1S/C24H25N3O/c1-17(20-14-13-18-7-2-3-9-21(18)15-20)26-27-24(28)16-25-23-12-6-10-19-8-4-5-11-22(19)23/h4-6,8,10-15,25H,2-3,7,9,16H2,1H3,(H,27,28)/b26-17-. The number of carbonyl (C=O) groups is 1. The van der Waals surface area contributed by atoms with Crippen molar-refractivity contribution >= 4 is 28.1 Å². The van der Waals surface area contributed by atoms with Gasteiger partial charge in [-0.3, -0.25) is 4.79 Å². The number of benzene rings is 3. The minimum Gasteiger partial charge on any atom is -0.376 e. The molecule has 2 N–H and O–H groups in total. The Kier molecular flexibility index (Phi) is 5.38. The number of aryl methyl sites for hydroxylation is 2. The van der Waals surface area contributed by atoms with E-state index in [0.29, 0.717) is 0 Å². The predicted molar refractivity (Wildman–Crippen MR) is 116 cm³/mol. The lowest BCUT2D eigenvalue weighted by Gasteiger charge is -2.16. The molecule has 0 saturated heterocycles. The zero-order valence-corrected chi connectivity index (χ0v) is 16.2. The van der Waals surface area contributed by atoms with E-state index >= 15 is 0 Å². The summed E-state index contributed by atoms with van der Waals surface area (Å²) in [5.41, 5.74) is 8.38. The van der Waals surface area contributed by atoms with Gasteiger partial charge in [-0.25, -0.2) is 5.43 Å². The molecule has 1 aliphatic carbocycles. The van der Waals surface area contributed by atoms with Crippen LogP contribution in [-0.2, 0) is 17.6 Å². The first-order chi connectivity index (χ1) is 13.7. The summed E-state index contributed by atoms with van der Waals surface area (Å²) in [5, 5.41) is 9.76. The van der Waals surface area contributed by atoms with Crippen molar-refractivity contribution in [3.05, 3.63) is 77.4 Å². The van der Waals surface area contributed by atoms with Gasteiger partial charge < -0.3 is 5.32 Å². The van der Waals surface area contributed by atoms with Crippen LogP contribution in [0.4, 0.5) is 5.69 Å². The van der Waals surface area contributed by atoms with Gasteiger partial charge in [0, 0.05) is 11.1 Å². The average Bonchev–Trinajstić information content (AvgIpc) is 2.75. The zero-order valence-electron chi connectivity index (χ0n) is 16.2. The largest absolute Gasteiger partial charge is 0.376 e. The molecule has 0 aromatic heterocycles. The monoisotopic (exact) mass is 371 g/mol. The van der Waals surface area contributed by atoms with Crippen LogP contribution in [0.2, 0.25) is 0 Å². The summed E-state index contributed by atoms with van der Waals surface area (Å²) in [7, 11) is 0. The molecule has 3 aromatic carbocycles. The van der Waals surface area contributed by atoms with E-state index in [2.05, 4.69) is 46.2 Å². The maximum absolute atomic E-state index is 12.2. The summed E-state index contributed by atoms with van der Waals surface area (Å²) >= 11 is 0. The summed E-state index contributed by atoms with van der Waals surface area (Å²) in [4.78, 5) is 12.2. The maximum Gasteiger partial charge on any atom is 0.259 e. The lowest BCUT2D eigenvalue weighted by Crippen LogP contribution is -2.26. The third kappa shape index (κ3) is 4.06. The van der Waals surface area contributed by atoms with Crippen LogP contribution in [0.3, 0.4) is 0 Å². The van der Waals surface area contributed by atoms with Crippen molar-refractivity contribution < 1.29 is 4.79 Å². The lowest BCUT2D eigenvalue weighted by atomic mass is 9.90. The molecule has 4 nitrogen and oxygen atoms in total. The van der Waals surface area contributed by atoms with Crippen molar-refractivity contribution in [2.24, 2.45) is 5.10 Å². The topological polar surface area (TPSA) is 53.5 Å². The highest BCUT2D eigenvalue weighted by Crippen LogP contribution is 2.23. The number of amides is 1. The summed E-state index contributed by atoms with van der Waals surface area (Å²) < 4.78 is 0. The van der Waals surface area contributed by atoms with Crippen LogP contribution in [0, 0.1) is 0 Å². The number of nitrogens with one attached hydrogen (secondary N) is 2. The molecule has 0 heterocycles. The zero-order chi connectivity index (χ0) is 19.3. The van der Waals surface area contributed by atoms with Gasteiger partial charge >= 0.3 is 0 Å². The van der Waals surface area contributed by atoms with Crippen molar-refractivity contribution in [3.63, 3.8) is 0 Å². The van der Waals surface area contributed by atoms with Crippen LogP contribution in [0.1, 0.15) is 36.5 Å². The highest BCUT2D eigenvalue weighted by atomic mass is 16.2. The summed E-state index contributed by atoms with van der Waals surface area (Å²) in [6.45, 7) is 2.11. The molecule has 1 amide bonds. The summed E-state index contributed by atoms with van der Waals surface area (Å²) in [5.74, 6) is -0.162. The molecule has 0 atom stereocenters. The van der Waals surface area contributed by atoms with E-state index in [1.165, 1.54) is 30.4 Å². The fourth-order valence-corrected chi connectivity index (χ4v) is 3.76. The van der Waals surface area contributed by atoms with Gasteiger partial charge in [0.15, 0.2) is 0 Å². The molecule has 4 rings (SSSR count). The molecule has 0 radical (unpaired) electrons. The first-order valence-corrected chi connectivity index (χ1v) is 9.87. The van der Waals surface area contributed by atoms with E-state index in [-0.39, 0.29) is 12.5 Å². The molecule has 0 bridgehead atoms. The Labute approximate surface area is 165 Å². The minimum absolute atomic E-state index is 0.162. The van der Waals surface area contributed by atoms with E-state index in [1.54, 1.807) is 0 Å². The van der Waals surface area contributed by atoms with Gasteiger partial charge in [-0.1, -0.05) is 48.5 Å². The van der Waals surface area contributed by atoms with E-state index in [9.17, 15) is 4.79 Å². The van der Waals surface area contributed by atoms with Gasteiger partial charge in [-0.2, -0.15) is 5.10 Å². The highest BCUT2D eigenvalue weighted by Gasteiger charge is 2.10. The van der Waals surface area contributed by atoms with Crippen molar-refractivity contribution in [2.75, 3.05) is 11.9 Å². The number of hydrogen-bond acceptors (Lipinski definition) is 3. The second-order valence-electron chi connectivity index (χ2n) is 7.30. The Morgan fingerprint density at radius 2 is 1.75 bits per heavy atom. The molecular weight excluding hydrogens is 346 g/mol. The third-order valence-electron chi connectivity index (χ3n) is 5.34. The van der Waals surface area contributed by atoms with Crippen molar-refractivity contribution in [2.45, 2.75) is 32.6 Å². The van der Waals surface area contributed by atoms with E-state index in [4.69, 9.17) is 0 Å². The van der Waals surface area contributed by atoms with E-state index in [0.717, 1.165) is 34.2 Å². The van der Waals surface area contributed by atoms with Crippen molar-refractivity contribution in [3.8, 4) is 0 Å². The summed E-state index contributed by atoms with van der Waals surface area (Å²) in [6, 6.07) is 20.7. The molecule has 142 valence electrons. The van der Waals surface area contributed by atoms with Crippen molar-refractivity contribution in [1.82, 2.24) is 5.43 Å². The van der Waals surface area contributed by atoms with Gasteiger partial charge in [-0.05, 0) is 66.8 Å². The normalized spacial score (nSPS) is 13.8. The number of anilines is 1. The predicted octanol–water partition coefficient (Wildman–Crippen LogP) is 4.67. The van der Waals surface area contributed by atoms with Crippen LogP contribution < -0.4 is 10.7 Å². The number of carbonyl (C=O) groups excluding carboxylic acids is 1. The first-order valence-electron chi connectivity index (χ1n) is 9.87. The number of fused-ring (bicyclic) bond motifs is 2. The van der Waals surface area contributed by atoms with Crippen LogP contribution >= 0.6 is 0 Å². The Bertz CT molecular complexity index is 1030. The average molecular weight is 371 g/mol. The van der Waals surface area contributed by atoms with Crippen LogP contribution in [0.15, 0.2) is 65.8 Å². The SMILES string of the molecule is C/C(=N/NC(=O)CNc1cccc2ccccc12)c1ccc2c(c1)CCCC2. The van der Waals surface area contributed by atoms with Gasteiger partial charge in [0.2, 0.25) is 0 Å². The molecule has 28 heavy (non-hydrogen) atoms. The van der Waals surface area contributed by atoms with E-state index in [1.807, 2.05) is 37.3 Å². The number of hydrazone groups is 1. The van der Waals surface area contributed by atoms with Crippen LogP contribution in [0.5, 0.6) is 0 Å². The number of nitrogens with zero attached hydrogens (tertiary/aromatic N) is 1. The highest BCUT2D eigenvalue weighted by molar-refractivity contribution is 6.00. The Balaban J connectivity index is 1.38. The quantitative estimate of drug-likeness (QED) is 0.506. The molecule has 0 unspecified atom stereocenters. The summed E-state index contributed by atoms with van der Waals surface area (Å²) in [6.07, 6.45) is 4.84. The first kappa shape index (κ1) is 18.2. The van der Waals surface area contributed by atoms with E-state index < -0.39 is 0 Å². The van der Waals surface area contributed by atoms with Gasteiger partial charge in [0.05, 0.1) is 12.3 Å². The maximum atomic E-state index is 12.2. The molecule has 0 saturated carbocycles. The smallest absolute Gasteiger partial charge is 0.259 e. The Hall–Kier alpha value is -3.14. The van der Waals surface area contributed by atoms with Gasteiger partial charge in [-0.15, -0.1) is 0 Å². The second kappa shape index (κ2) is 8.26. The fourth-order valence-electron chi connectivity index (χ4n) is 3.76. The van der Waals surface area contributed by atoms with Crippen LogP contribution in [0.25, 0.3) is 10.8 Å². The Morgan fingerprint density at radius 1 is 0.964 bits per heavy atom. The van der Waals surface area contributed by atoms with Gasteiger partial charge in [0.25, 0.3) is 5.91 Å². The fraction of sp³-hybridized carbons (Fsp3) is 0.250. The Morgan fingerprint density at radius 3 is 2.64 bits per heavy atom. The molecule has 3 aromatic rings. The number of rotatable bonds is 5. The molecule has 0 fully saturated rings. The second-order valence-corrected chi connectivity index (χ2v) is 7.30. The molecule has 4 heteroatoms. The molecule has 0 spiro atoms. The molecule has 0 aliphatic heterocycles. The number of hydrogen-bond donors (Lipinski definition) is 2. The third-order valence-corrected chi connectivity index (χ3v) is 5.34. The van der Waals surface area contributed by atoms with Crippen LogP contribution in [-0.4, -0.2) is 18.2 Å². The lowest BCUT2D eigenvalue weighted by molar-refractivity contribution is -0.119.